The summed E-state index contributed by atoms with van der Waals surface area (Å²) >= 11 is 5.72. The Morgan fingerprint density at radius 3 is 2.47 bits per heavy atom. The van der Waals surface area contributed by atoms with Crippen molar-refractivity contribution in [1.29, 1.82) is 0 Å². The topological polar surface area (TPSA) is 80.4 Å². The SMILES string of the molecule is NC(Cc1cccc(Cl)c1)=C(C(=O)O)C(=O)C(F)F. The molecule has 0 heterocycles. The zero-order valence-electron chi connectivity index (χ0n) is 9.57. The van der Waals surface area contributed by atoms with Crippen molar-refractivity contribution in [2.24, 2.45) is 5.73 Å². The standard InChI is InChI=1S/C12H10ClF2NO3/c13-7-3-1-2-6(4-7)5-8(16)9(12(18)19)10(17)11(14)15/h1-4,11H,5,16H2,(H,18,19). The molecule has 0 amide bonds. The van der Waals surface area contributed by atoms with Crippen LogP contribution in [0.2, 0.25) is 5.02 Å². The molecule has 0 fully saturated rings. The Kier molecular flexibility index (Phi) is 5.00. The molecular weight excluding hydrogens is 280 g/mol. The van der Waals surface area contributed by atoms with Gasteiger partial charge in [0.05, 0.1) is 0 Å². The van der Waals surface area contributed by atoms with Crippen molar-refractivity contribution >= 4 is 23.4 Å². The van der Waals surface area contributed by atoms with E-state index in [1.54, 1.807) is 18.2 Å². The fraction of sp³-hybridized carbons (Fsp3) is 0.167. The van der Waals surface area contributed by atoms with Crippen molar-refractivity contribution in [2.45, 2.75) is 12.8 Å². The summed E-state index contributed by atoms with van der Waals surface area (Å²) < 4.78 is 24.6. The maximum absolute atomic E-state index is 12.3. The smallest absolute Gasteiger partial charge is 0.341 e. The first kappa shape index (κ1) is 15.1. The van der Waals surface area contributed by atoms with Gasteiger partial charge in [-0.15, -0.1) is 0 Å². The molecule has 4 nitrogen and oxygen atoms in total. The molecule has 102 valence electrons. The monoisotopic (exact) mass is 289 g/mol. The number of carbonyl (C=O) groups is 2. The first-order valence-corrected chi connectivity index (χ1v) is 5.49. The second-order valence-corrected chi connectivity index (χ2v) is 4.11. The Bertz CT molecular complexity index is 544. The third-order valence-electron chi connectivity index (χ3n) is 2.26. The number of nitrogens with two attached hydrogens (primary N) is 1. The van der Waals surface area contributed by atoms with Crippen LogP contribution in [0.25, 0.3) is 0 Å². The van der Waals surface area contributed by atoms with Crippen molar-refractivity contribution in [2.75, 3.05) is 0 Å². The molecule has 0 unspecified atom stereocenters. The van der Waals surface area contributed by atoms with E-state index in [0.29, 0.717) is 10.6 Å². The molecule has 0 bridgehead atoms. The van der Waals surface area contributed by atoms with E-state index in [9.17, 15) is 18.4 Å². The average Bonchev–Trinajstić information content (AvgIpc) is 2.28. The molecule has 3 N–H and O–H groups in total. The number of halogens is 3. The minimum atomic E-state index is -3.41. The number of aliphatic carboxylic acids is 1. The predicted octanol–water partition coefficient (Wildman–Crippen LogP) is 2.01. The van der Waals surface area contributed by atoms with Crippen molar-refractivity contribution < 1.29 is 23.5 Å². The van der Waals surface area contributed by atoms with E-state index in [2.05, 4.69) is 0 Å². The molecule has 7 heteroatoms. The summed E-state index contributed by atoms with van der Waals surface area (Å²) in [5.41, 5.74) is 4.44. The average molecular weight is 290 g/mol. The minimum absolute atomic E-state index is 0.152. The van der Waals surface area contributed by atoms with Gasteiger partial charge in [-0.1, -0.05) is 23.7 Å². The van der Waals surface area contributed by atoms with Gasteiger partial charge in [0, 0.05) is 17.1 Å². The van der Waals surface area contributed by atoms with Crippen molar-refractivity contribution in [3.05, 3.63) is 46.1 Å². The van der Waals surface area contributed by atoms with Crippen LogP contribution in [-0.4, -0.2) is 23.3 Å². The molecule has 0 atom stereocenters. The van der Waals surface area contributed by atoms with Crippen LogP contribution < -0.4 is 5.73 Å². The summed E-state index contributed by atoms with van der Waals surface area (Å²) in [4.78, 5) is 21.9. The Morgan fingerprint density at radius 1 is 1.37 bits per heavy atom. The van der Waals surface area contributed by atoms with E-state index in [0.717, 1.165) is 0 Å². The van der Waals surface area contributed by atoms with Gasteiger partial charge in [-0.3, -0.25) is 4.79 Å². The number of hydrogen-bond donors (Lipinski definition) is 2. The van der Waals surface area contributed by atoms with Gasteiger partial charge in [0.15, 0.2) is 0 Å². The third-order valence-corrected chi connectivity index (χ3v) is 2.50. The summed E-state index contributed by atoms with van der Waals surface area (Å²) in [5, 5.41) is 9.17. The number of benzene rings is 1. The first-order chi connectivity index (χ1) is 8.82. The summed E-state index contributed by atoms with van der Waals surface area (Å²) in [5.74, 6) is -3.57. The lowest BCUT2D eigenvalue weighted by atomic mass is 10.0. The molecule has 19 heavy (non-hydrogen) atoms. The molecule has 0 aliphatic heterocycles. The molecule has 1 aromatic rings. The van der Waals surface area contributed by atoms with E-state index in [-0.39, 0.29) is 6.42 Å². The Hall–Kier alpha value is -1.95. The van der Waals surface area contributed by atoms with Gasteiger partial charge in [-0.2, -0.15) is 0 Å². The summed E-state index contributed by atoms with van der Waals surface area (Å²) in [6.07, 6.45) is -3.57. The van der Waals surface area contributed by atoms with Gasteiger partial charge >= 0.3 is 12.4 Å². The van der Waals surface area contributed by atoms with Gasteiger partial charge in [-0.25, -0.2) is 13.6 Å². The second kappa shape index (κ2) is 6.29. The summed E-state index contributed by atoms with van der Waals surface area (Å²) in [6, 6.07) is 6.28. The third kappa shape index (κ3) is 4.03. The van der Waals surface area contributed by atoms with Crippen LogP contribution in [0.4, 0.5) is 8.78 Å². The molecule has 0 saturated carbocycles. The highest BCUT2D eigenvalue weighted by Gasteiger charge is 2.28. The van der Waals surface area contributed by atoms with Gasteiger partial charge in [0.25, 0.3) is 0 Å². The Labute approximate surface area is 112 Å². The van der Waals surface area contributed by atoms with E-state index in [1.807, 2.05) is 0 Å². The molecule has 0 radical (unpaired) electrons. The molecule has 0 spiro atoms. The quantitative estimate of drug-likeness (QED) is 0.494. The highest BCUT2D eigenvalue weighted by Crippen LogP contribution is 2.16. The normalized spacial score (nSPS) is 12.2. The first-order valence-electron chi connectivity index (χ1n) is 5.11. The minimum Gasteiger partial charge on any atom is -0.477 e. The van der Waals surface area contributed by atoms with E-state index in [1.165, 1.54) is 6.07 Å². The molecular formula is C12H10ClF2NO3. The van der Waals surface area contributed by atoms with Crippen LogP contribution in [0, 0.1) is 0 Å². The summed E-state index contributed by atoms with van der Waals surface area (Å²) in [6.45, 7) is 0. The highest BCUT2D eigenvalue weighted by atomic mass is 35.5. The number of Topliss-reactive ketones (excluding diaryl/α,β-unsaturated/α-hetero) is 1. The summed E-state index contributed by atoms with van der Waals surface area (Å²) in [7, 11) is 0. The number of ketones is 1. The molecule has 1 rings (SSSR count). The lowest BCUT2D eigenvalue weighted by Gasteiger charge is -2.07. The molecule has 1 aromatic carbocycles. The van der Waals surface area contributed by atoms with Crippen LogP contribution in [0.1, 0.15) is 5.56 Å². The zero-order valence-corrected chi connectivity index (χ0v) is 10.3. The van der Waals surface area contributed by atoms with Crippen molar-refractivity contribution in [1.82, 2.24) is 0 Å². The lowest BCUT2D eigenvalue weighted by Crippen LogP contribution is -2.24. The molecule has 0 saturated heterocycles. The fourth-order valence-corrected chi connectivity index (χ4v) is 1.68. The van der Waals surface area contributed by atoms with Crippen LogP contribution in [0.3, 0.4) is 0 Å². The van der Waals surface area contributed by atoms with Crippen LogP contribution in [0.15, 0.2) is 35.5 Å². The van der Waals surface area contributed by atoms with Gasteiger partial charge in [0.1, 0.15) is 5.57 Å². The lowest BCUT2D eigenvalue weighted by molar-refractivity contribution is -0.137. The van der Waals surface area contributed by atoms with Gasteiger partial charge < -0.3 is 10.8 Å². The molecule has 0 aliphatic carbocycles. The van der Waals surface area contributed by atoms with Gasteiger partial charge in [-0.05, 0) is 17.7 Å². The largest absolute Gasteiger partial charge is 0.477 e. The van der Waals surface area contributed by atoms with Crippen molar-refractivity contribution in [3.63, 3.8) is 0 Å². The predicted molar refractivity (Wildman–Crippen MR) is 65.0 cm³/mol. The van der Waals surface area contributed by atoms with Crippen LogP contribution >= 0.6 is 11.6 Å². The zero-order chi connectivity index (χ0) is 14.6. The Morgan fingerprint density at radius 2 is 2.00 bits per heavy atom. The van der Waals surface area contributed by atoms with Gasteiger partial charge in [0.2, 0.25) is 5.78 Å². The van der Waals surface area contributed by atoms with E-state index >= 15 is 0 Å². The fourth-order valence-electron chi connectivity index (χ4n) is 1.47. The number of carbonyl (C=O) groups excluding carboxylic acids is 1. The number of hydrogen-bond acceptors (Lipinski definition) is 3. The van der Waals surface area contributed by atoms with Crippen LogP contribution in [-0.2, 0) is 16.0 Å². The highest BCUT2D eigenvalue weighted by molar-refractivity contribution is 6.30. The second-order valence-electron chi connectivity index (χ2n) is 3.68. The number of rotatable bonds is 5. The van der Waals surface area contributed by atoms with E-state index in [4.69, 9.17) is 22.4 Å². The number of allylic oxidation sites excluding steroid dienone is 1. The number of alkyl halides is 2. The Balaban J connectivity index is 3.10. The maximum atomic E-state index is 12.3. The molecule has 0 aromatic heterocycles. The van der Waals surface area contributed by atoms with Crippen molar-refractivity contribution in [3.8, 4) is 0 Å². The maximum Gasteiger partial charge on any atom is 0.341 e. The molecule has 0 aliphatic rings. The van der Waals surface area contributed by atoms with E-state index < -0.39 is 29.4 Å². The number of carboxylic acid groups (broad SMARTS) is 1. The number of carboxylic acids is 1. The van der Waals surface area contributed by atoms with Crippen LogP contribution in [0.5, 0.6) is 0 Å².